The van der Waals surface area contributed by atoms with Crippen LogP contribution < -0.4 is 10.2 Å². The van der Waals surface area contributed by atoms with E-state index in [1.807, 2.05) is 13.0 Å². The van der Waals surface area contributed by atoms with Gasteiger partial charge in [-0.05, 0) is 43.4 Å². The third-order valence-electron chi connectivity index (χ3n) is 6.96. The minimum Gasteiger partial charge on any atom is -0.380 e. The number of aromatic nitrogens is 2. The van der Waals surface area contributed by atoms with Crippen LogP contribution in [0.25, 0.3) is 0 Å². The number of rotatable bonds is 6. The lowest BCUT2D eigenvalue weighted by molar-refractivity contribution is -0.131. The zero-order valence-corrected chi connectivity index (χ0v) is 21.4. The quantitative estimate of drug-likeness (QED) is 0.574. The molecule has 192 valence electrons. The Labute approximate surface area is 219 Å². The largest absolute Gasteiger partial charge is 0.380 e. The highest BCUT2D eigenvalue weighted by atomic mass is 32.2. The number of likely N-dealkylation sites (tertiary alicyclic amines) is 1. The normalized spacial score (nSPS) is 21.0. The molecule has 0 saturated carbocycles. The number of carbonyl (C=O) groups excluding carboxylic acids is 3. The van der Waals surface area contributed by atoms with Gasteiger partial charge in [0.05, 0.1) is 12.2 Å². The van der Waals surface area contributed by atoms with E-state index in [0.29, 0.717) is 61.9 Å². The molecule has 37 heavy (non-hydrogen) atoms. The average molecular weight is 521 g/mol. The highest BCUT2D eigenvalue weighted by molar-refractivity contribution is 8.00. The summed E-state index contributed by atoms with van der Waals surface area (Å²) in [7, 11) is 0. The van der Waals surface area contributed by atoms with Crippen LogP contribution in [0.15, 0.2) is 23.2 Å². The van der Waals surface area contributed by atoms with Crippen molar-refractivity contribution >= 4 is 41.6 Å². The number of aldehydes is 1. The van der Waals surface area contributed by atoms with Crippen molar-refractivity contribution < 1.29 is 19.1 Å². The molecule has 2 saturated heterocycles. The Morgan fingerprint density at radius 3 is 2.92 bits per heavy atom. The van der Waals surface area contributed by atoms with Crippen molar-refractivity contribution in [2.75, 3.05) is 36.5 Å². The molecule has 5 rings (SSSR count). The van der Waals surface area contributed by atoms with Crippen LogP contribution in [0.3, 0.4) is 0 Å². The van der Waals surface area contributed by atoms with Crippen molar-refractivity contribution in [1.29, 1.82) is 5.26 Å². The lowest BCUT2D eigenvalue weighted by Crippen LogP contribution is -2.40. The van der Waals surface area contributed by atoms with Crippen molar-refractivity contribution in [2.24, 2.45) is 5.92 Å². The summed E-state index contributed by atoms with van der Waals surface area (Å²) in [4.78, 5) is 50.4. The van der Waals surface area contributed by atoms with E-state index in [4.69, 9.17) is 4.74 Å². The molecule has 5 heterocycles. The van der Waals surface area contributed by atoms with Crippen molar-refractivity contribution in [3.63, 3.8) is 0 Å². The molecule has 2 atom stereocenters. The number of aryl methyl sites for hydroxylation is 1. The molecule has 2 unspecified atom stereocenters. The molecule has 0 radical (unpaired) electrons. The van der Waals surface area contributed by atoms with Gasteiger partial charge < -0.3 is 9.64 Å². The van der Waals surface area contributed by atoms with E-state index in [2.05, 4.69) is 21.4 Å². The fourth-order valence-corrected chi connectivity index (χ4v) is 6.03. The Hall–Kier alpha value is -3.49. The zero-order valence-electron chi connectivity index (χ0n) is 20.6. The smallest absolute Gasteiger partial charge is 0.328 e. The van der Waals surface area contributed by atoms with Crippen LogP contribution in [-0.4, -0.2) is 64.6 Å². The number of nitrogens with one attached hydrogen (secondary N) is 1. The second kappa shape index (κ2) is 10.9. The average Bonchev–Trinajstić information content (AvgIpc) is 3.53. The fourth-order valence-electron chi connectivity index (χ4n) is 4.89. The van der Waals surface area contributed by atoms with E-state index in [1.54, 1.807) is 22.7 Å². The number of thioether (sulfide) groups is 1. The van der Waals surface area contributed by atoms with E-state index in [-0.39, 0.29) is 22.8 Å². The maximum absolute atomic E-state index is 13.3. The van der Waals surface area contributed by atoms with Crippen LogP contribution in [0.5, 0.6) is 0 Å². The van der Waals surface area contributed by atoms with Gasteiger partial charge >= 0.3 is 6.03 Å². The molecule has 2 aromatic rings. The summed E-state index contributed by atoms with van der Waals surface area (Å²) in [6, 6.07) is 5.37. The molecular weight excluding hydrogens is 492 g/mol. The Morgan fingerprint density at radius 2 is 2.22 bits per heavy atom. The van der Waals surface area contributed by atoms with Gasteiger partial charge in [0.2, 0.25) is 5.91 Å². The molecule has 3 aliphatic rings. The van der Waals surface area contributed by atoms with E-state index in [0.717, 1.165) is 36.1 Å². The summed E-state index contributed by atoms with van der Waals surface area (Å²) in [6.45, 7) is 4.69. The van der Waals surface area contributed by atoms with Crippen LogP contribution in [0.2, 0.25) is 0 Å². The predicted octanol–water partition coefficient (Wildman–Crippen LogP) is 3.39. The van der Waals surface area contributed by atoms with Gasteiger partial charge in [0, 0.05) is 54.1 Å². The SMILES string of the molecule is CC1CCN(Cc2cc3c(nc2C=O)N(C(=O)Nc2cc(SC4CCOC4)c(C#N)cn2)CCC3)C1=O. The van der Waals surface area contributed by atoms with E-state index >= 15 is 0 Å². The molecule has 1 N–H and O–H groups in total. The first-order valence-electron chi connectivity index (χ1n) is 12.5. The number of pyridine rings is 2. The Kier molecular flexibility index (Phi) is 7.39. The van der Waals surface area contributed by atoms with Gasteiger partial charge in [-0.25, -0.2) is 14.8 Å². The third kappa shape index (κ3) is 5.31. The summed E-state index contributed by atoms with van der Waals surface area (Å²) < 4.78 is 5.44. The summed E-state index contributed by atoms with van der Waals surface area (Å²) in [5.41, 5.74) is 2.26. The van der Waals surface area contributed by atoms with Gasteiger partial charge in [-0.15, -0.1) is 11.8 Å². The van der Waals surface area contributed by atoms with Crippen molar-refractivity contribution in [3.8, 4) is 6.07 Å². The first-order valence-corrected chi connectivity index (χ1v) is 13.3. The van der Waals surface area contributed by atoms with Gasteiger partial charge in [0.15, 0.2) is 6.29 Å². The van der Waals surface area contributed by atoms with Crippen LogP contribution in [0.1, 0.15) is 53.4 Å². The minimum atomic E-state index is -0.404. The number of nitrogens with zero attached hydrogens (tertiary/aromatic N) is 5. The van der Waals surface area contributed by atoms with Crippen LogP contribution in [-0.2, 0) is 22.5 Å². The number of hydrogen-bond donors (Lipinski definition) is 1. The topological polar surface area (TPSA) is 129 Å². The molecule has 3 amide bonds. The number of urea groups is 1. The first kappa shape index (κ1) is 25.2. The highest BCUT2D eigenvalue weighted by Gasteiger charge is 2.30. The molecule has 0 spiro atoms. The van der Waals surface area contributed by atoms with Gasteiger partial charge in [-0.3, -0.25) is 19.8 Å². The van der Waals surface area contributed by atoms with E-state index in [1.165, 1.54) is 11.1 Å². The third-order valence-corrected chi connectivity index (χ3v) is 8.26. The van der Waals surface area contributed by atoms with Gasteiger partial charge in [0.1, 0.15) is 23.4 Å². The van der Waals surface area contributed by atoms with Crippen molar-refractivity contribution in [1.82, 2.24) is 14.9 Å². The molecular formula is C26H28N6O4S. The van der Waals surface area contributed by atoms with Crippen LogP contribution >= 0.6 is 11.8 Å². The molecule has 0 bridgehead atoms. The van der Waals surface area contributed by atoms with Gasteiger partial charge in [0.25, 0.3) is 0 Å². The summed E-state index contributed by atoms with van der Waals surface area (Å²) >= 11 is 1.56. The number of fused-ring (bicyclic) bond motifs is 1. The molecule has 3 aliphatic heterocycles. The van der Waals surface area contributed by atoms with Gasteiger partial charge in [-0.1, -0.05) is 6.92 Å². The van der Waals surface area contributed by atoms with Crippen molar-refractivity contribution in [2.45, 2.75) is 49.3 Å². The van der Waals surface area contributed by atoms with Crippen molar-refractivity contribution in [3.05, 3.63) is 40.7 Å². The Morgan fingerprint density at radius 1 is 1.35 bits per heavy atom. The van der Waals surface area contributed by atoms with Crippen LogP contribution in [0, 0.1) is 17.2 Å². The first-order chi connectivity index (χ1) is 18.0. The standard InChI is InChI=1S/C26H28N6O4S/c1-16-4-7-31(25(16)34)13-18-9-17-3-2-6-32(24(17)29-21(18)14-33)26(35)30-23-10-22(19(11-27)12-28-23)37-20-5-8-36-15-20/h9-10,12,14,16,20H,2-8,13,15H2,1H3,(H,28,30,35). The Bertz CT molecular complexity index is 1270. The van der Waals surface area contributed by atoms with E-state index in [9.17, 15) is 19.6 Å². The molecule has 2 fully saturated rings. The Balaban J connectivity index is 1.35. The minimum absolute atomic E-state index is 0.00861. The zero-order chi connectivity index (χ0) is 25.9. The lowest BCUT2D eigenvalue weighted by atomic mass is 10.0. The molecule has 0 aliphatic carbocycles. The summed E-state index contributed by atoms with van der Waals surface area (Å²) in [5.74, 6) is 0.864. The maximum Gasteiger partial charge on any atom is 0.328 e. The second-order valence-electron chi connectivity index (χ2n) is 9.55. The van der Waals surface area contributed by atoms with Gasteiger partial charge in [-0.2, -0.15) is 5.26 Å². The predicted molar refractivity (Wildman–Crippen MR) is 138 cm³/mol. The number of carbonyl (C=O) groups is 3. The number of amides is 3. The molecule has 0 aromatic carbocycles. The number of anilines is 2. The number of ether oxygens (including phenoxy) is 1. The molecule has 2 aromatic heterocycles. The number of nitriles is 1. The highest BCUT2D eigenvalue weighted by Crippen LogP contribution is 2.33. The van der Waals surface area contributed by atoms with E-state index < -0.39 is 6.03 Å². The summed E-state index contributed by atoms with van der Waals surface area (Å²) in [5, 5.41) is 12.6. The summed E-state index contributed by atoms with van der Waals surface area (Å²) in [6.07, 6.45) is 5.32. The second-order valence-corrected chi connectivity index (χ2v) is 10.9. The maximum atomic E-state index is 13.3. The molecule has 10 nitrogen and oxygen atoms in total. The lowest BCUT2D eigenvalue weighted by Gasteiger charge is -2.29. The monoisotopic (exact) mass is 520 g/mol. The molecule has 11 heteroatoms. The van der Waals surface area contributed by atoms with Crippen LogP contribution in [0.4, 0.5) is 16.4 Å². The number of hydrogen-bond acceptors (Lipinski definition) is 8. The fraction of sp³-hybridized carbons (Fsp3) is 0.462.